The molecule has 6 nitrogen and oxygen atoms in total. The molecule has 0 bridgehead atoms. The summed E-state index contributed by atoms with van der Waals surface area (Å²) in [4.78, 5) is 28.7. The highest BCUT2D eigenvalue weighted by Gasteiger charge is 2.33. The topological polar surface area (TPSA) is 76.3 Å². The predicted molar refractivity (Wildman–Crippen MR) is 80.2 cm³/mol. The van der Waals surface area contributed by atoms with Gasteiger partial charge in [0.25, 0.3) is 11.6 Å². The number of carbonyl (C=O) groups excluding carboxylic acids is 1. The first-order valence-corrected chi connectivity index (χ1v) is 7.09. The number of non-ortho nitro benzene ring substituents is 1. The second-order valence-electron chi connectivity index (χ2n) is 5.32. The molecular weight excluding hydrogens is 282 g/mol. The summed E-state index contributed by atoms with van der Waals surface area (Å²) in [6.07, 6.45) is 5.42. The van der Waals surface area contributed by atoms with Crippen LogP contribution in [-0.2, 0) is 6.54 Å². The summed E-state index contributed by atoms with van der Waals surface area (Å²) in [6, 6.07) is 9.80. The van der Waals surface area contributed by atoms with Gasteiger partial charge in [-0.1, -0.05) is 0 Å². The molecule has 1 aliphatic carbocycles. The standard InChI is InChI=1S/C16H15N3O3/c20-16(13-1-3-15(4-2-13)19(21)22)18(14-5-6-14)11-12-7-9-17-10-8-12/h1-4,7-10,14H,5-6,11H2. The maximum absolute atomic E-state index is 12.7. The molecule has 0 unspecified atom stereocenters. The zero-order valence-corrected chi connectivity index (χ0v) is 11.9. The van der Waals surface area contributed by atoms with E-state index in [4.69, 9.17) is 0 Å². The van der Waals surface area contributed by atoms with Crippen molar-refractivity contribution in [2.24, 2.45) is 0 Å². The molecule has 0 N–H and O–H groups in total. The third-order valence-corrected chi connectivity index (χ3v) is 3.68. The number of nitrogens with zero attached hydrogens (tertiary/aromatic N) is 3. The minimum absolute atomic E-state index is 0.0105. The molecule has 1 fully saturated rings. The van der Waals surface area contributed by atoms with Crippen molar-refractivity contribution >= 4 is 11.6 Å². The van der Waals surface area contributed by atoms with Crippen LogP contribution < -0.4 is 0 Å². The van der Waals surface area contributed by atoms with Crippen molar-refractivity contribution in [1.29, 1.82) is 0 Å². The Morgan fingerprint density at radius 2 is 1.82 bits per heavy atom. The van der Waals surface area contributed by atoms with Crippen LogP contribution in [0.2, 0.25) is 0 Å². The number of amides is 1. The third kappa shape index (κ3) is 3.11. The maximum atomic E-state index is 12.7. The molecule has 1 aromatic heterocycles. The van der Waals surface area contributed by atoms with Gasteiger partial charge in [-0.05, 0) is 42.7 Å². The molecule has 1 aliphatic rings. The number of benzene rings is 1. The van der Waals surface area contributed by atoms with Gasteiger partial charge in [0.05, 0.1) is 4.92 Å². The van der Waals surface area contributed by atoms with Crippen molar-refractivity contribution in [2.45, 2.75) is 25.4 Å². The summed E-state index contributed by atoms with van der Waals surface area (Å²) in [6.45, 7) is 0.531. The van der Waals surface area contributed by atoms with Crippen LogP contribution in [0, 0.1) is 10.1 Å². The number of hydrogen-bond donors (Lipinski definition) is 0. The molecule has 1 heterocycles. The number of hydrogen-bond acceptors (Lipinski definition) is 4. The van der Waals surface area contributed by atoms with E-state index in [-0.39, 0.29) is 17.6 Å². The van der Waals surface area contributed by atoms with Gasteiger partial charge in [-0.15, -0.1) is 0 Å². The Morgan fingerprint density at radius 1 is 1.18 bits per heavy atom. The maximum Gasteiger partial charge on any atom is 0.269 e. The Labute approximate surface area is 127 Å². The Morgan fingerprint density at radius 3 is 2.36 bits per heavy atom. The van der Waals surface area contributed by atoms with Crippen molar-refractivity contribution < 1.29 is 9.72 Å². The first-order valence-electron chi connectivity index (χ1n) is 7.09. The normalized spacial score (nSPS) is 13.6. The van der Waals surface area contributed by atoms with Crippen molar-refractivity contribution in [2.75, 3.05) is 0 Å². The lowest BCUT2D eigenvalue weighted by molar-refractivity contribution is -0.384. The summed E-state index contributed by atoms with van der Waals surface area (Å²) >= 11 is 0. The van der Waals surface area contributed by atoms with E-state index in [0.29, 0.717) is 12.1 Å². The summed E-state index contributed by atoms with van der Waals surface area (Å²) < 4.78 is 0. The van der Waals surface area contributed by atoms with Gasteiger partial charge < -0.3 is 4.90 Å². The predicted octanol–water partition coefficient (Wildman–Crippen LogP) is 2.79. The van der Waals surface area contributed by atoms with Gasteiger partial charge >= 0.3 is 0 Å². The van der Waals surface area contributed by atoms with Crippen LogP contribution in [0.15, 0.2) is 48.8 Å². The number of nitro benzene ring substituents is 1. The molecule has 0 saturated heterocycles. The van der Waals surface area contributed by atoms with E-state index in [0.717, 1.165) is 18.4 Å². The van der Waals surface area contributed by atoms with Crippen LogP contribution in [0.4, 0.5) is 5.69 Å². The van der Waals surface area contributed by atoms with Crippen molar-refractivity contribution in [1.82, 2.24) is 9.88 Å². The van der Waals surface area contributed by atoms with Gasteiger partial charge in [0.2, 0.25) is 0 Å². The highest BCUT2D eigenvalue weighted by Crippen LogP contribution is 2.30. The molecule has 1 aromatic carbocycles. The first-order chi connectivity index (χ1) is 10.6. The number of aromatic nitrogens is 1. The van der Waals surface area contributed by atoms with E-state index in [1.165, 1.54) is 24.3 Å². The monoisotopic (exact) mass is 297 g/mol. The van der Waals surface area contributed by atoms with Gasteiger partial charge in [-0.3, -0.25) is 19.9 Å². The van der Waals surface area contributed by atoms with E-state index in [1.807, 2.05) is 17.0 Å². The average Bonchev–Trinajstić information content (AvgIpc) is 3.38. The molecule has 0 atom stereocenters. The fourth-order valence-corrected chi connectivity index (χ4v) is 2.33. The fourth-order valence-electron chi connectivity index (χ4n) is 2.33. The SMILES string of the molecule is O=C(c1ccc([N+](=O)[O-])cc1)N(Cc1ccncc1)C1CC1. The Bertz CT molecular complexity index is 682. The minimum Gasteiger partial charge on any atom is -0.331 e. The lowest BCUT2D eigenvalue weighted by Gasteiger charge is -2.22. The van der Waals surface area contributed by atoms with Gasteiger partial charge in [-0.25, -0.2) is 0 Å². The second-order valence-corrected chi connectivity index (χ2v) is 5.32. The first kappa shape index (κ1) is 14.2. The molecule has 6 heteroatoms. The average molecular weight is 297 g/mol. The van der Waals surface area contributed by atoms with Crippen LogP contribution in [0.3, 0.4) is 0 Å². The van der Waals surface area contributed by atoms with E-state index in [1.54, 1.807) is 12.4 Å². The van der Waals surface area contributed by atoms with Crippen LogP contribution in [0.1, 0.15) is 28.8 Å². The number of nitro groups is 1. The van der Waals surface area contributed by atoms with Gasteiger partial charge in [0, 0.05) is 42.7 Å². The van der Waals surface area contributed by atoms with E-state index in [9.17, 15) is 14.9 Å². The fraction of sp³-hybridized carbons (Fsp3) is 0.250. The minimum atomic E-state index is -0.468. The van der Waals surface area contributed by atoms with E-state index >= 15 is 0 Å². The molecule has 3 rings (SSSR count). The number of carbonyl (C=O) groups is 1. The highest BCUT2D eigenvalue weighted by atomic mass is 16.6. The number of pyridine rings is 1. The molecule has 0 aliphatic heterocycles. The van der Waals surface area contributed by atoms with Crippen LogP contribution in [-0.4, -0.2) is 26.8 Å². The van der Waals surface area contributed by atoms with Crippen molar-refractivity contribution in [3.8, 4) is 0 Å². The summed E-state index contributed by atoms with van der Waals surface area (Å²) in [7, 11) is 0. The smallest absolute Gasteiger partial charge is 0.269 e. The van der Waals surface area contributed by atoms with Gasteiger partial charge in [0.1, 0.15) is 0 Å². The molecule has 1 amide bonds. The summed E-state index contributed by atoms with van der Waals surface area (Å²) in [5.41, 5.74) is 1.49. The molecule has 1 saturated carbocycles. The lowest BCUT2D eigenvalue weighted by Crippen LogP contribution is -2.32. The molecule has 2 aromatic rings. The van der Waals surface area contributed by atoms with Crippen molar-refractivity contribution in [3.05, 3.63) is 70.0 Å². The lowest BCUT2D eigenvalue weighted by atomic mass is 10.1. The van der Waals surface area contributed by atoms with Crippen LogP contribution >= 0.6 is 0 Å². The van der Waals surface area contributed by atoms with Crippen LogP contribution in [0.25, 0.3) is 0 Å². The molecule has 112 valence electrons. The quantitative estimate of drug-likeness (QED) is 0.628. The Kier molecular flexibility index (Phi) is 3.82. The van der Waals surface area contributed by atoms with Crippen molar-refractivity contribution in [3.63, 3.8) is 0 Å². The van der Waals surface area contributed by atoms with Gasteiger partial charge in [0.15, 0.2) is 0 Å². The molecule has 0 spiro atoms. The zero-order chi connectivity index (χ0) is 15.5. The Balaban J connectivity index is 1.79. The van der Waals surface area contributed by atoms with Gasteiger partial charge in [-0.2, -0.15) is 0 Å². The Hall–Kier alpha value is -2.76. The number of rotatable bonds is 5. The summed E-state index contributed by atoms with van der Waals surface area (Å²) in [5.74, 6) is -0.0887. The van der Waals surface area contributed by atoms with E-state index < -0.39 is 4.92 Å². The largest absolute Gasteiger partial charge is 0.331 e. The molecular formula is C16H15N3O3. The second kappa shape index (κ2) is 5.93. The highest BCUT2D eigenvalue weighted by molar-refractivity contribution is 5.94. The third-order valence-electron chi connectivity index (χ3n) is 3.68. The molecule has 0 radical (unpaired) electrons. The molecule has 22 heavy (non-hydrogen) atoms. The zero-order valence-electron chi connectivity index (χ0n) is 11.9. The summed E-state index contributed by atoms with van der Waals surface area (Å²) in [5, 5.41) is 10.7. The van der Waals surface area contributed by atoms with E-state index in [2.05, 4.69) is 4.98 Å². The van der Waals surface area contributed by atoms with Crippen LogP contribution in [0.5, 0.6) is 0 Å².